The highest BCUT2D eigenvalue weighted by Crippen LogP contribution is 2.29. The lowest BCUT2D eigenvalue weighted by Gasteiger charge is -2.15. The standard InChI is InChI=1S/C12H13F3N2/c1-2-10(7-8-16)17-11-5-3-9(4-6-11)12(13,14)15/h3-6,10,17H,2,7H2,1H3. The molecule has 1 rings (SSSR count). The Labute approximate surface area is 98.1 Å². The van der Waals surface area contributed by atoms with E-state index in [1.165, 1.54) is 12.1 Å². The van der Waals surface area contributed by atoms with Crippen molar-refractivity contribution in [2.24, 2.45) is 0 Å². The van der Waals surface area contributed by atoms with Gasteiger partial charge in [-0.05, 0) is 30.7 Å². The highest BCUT2D eigenvalue weighted by molar-refractivity contribution is 5.46. The Bertz CT molecular complexity index is 390. The highest BCUT2D eigenvalue weighted by atomic mass is 19.4. The maximum Gasteiger partial charge on any atom is 0.416 e. The van der Waals surface area contributed by atoms with Gasteiger partial charge in [-0.3, -0.25) is 0 Å². The summed E-state index contributed by atoms with van der Waals surface area (Å²) in [5.41, 5.74) is -0.0727. The van der Waals surface area contributed by atoms with E-state index in [1.54, 1.807) is 0 Å². The smallest absolute Gasteiger partial charge is 0.381 e. The van der Waals surface area contributed by atoms with E-state index in [4.69, 9.17) is 5.26 Å². The highest BCUT2D eigenvalue weighted by Gasteiger charge is 2.29. The Balaban J connectivity index is 2.72. The number of halogens is 3. The molecule has 0 saturated carbocycles. The lowest BCUT2D eigenvalue weighted by atomic mass is 10.1. The van der Waals surface area contributed by atoms with Gasteiger partial charge in [-0.25, -0.2) is 0 Å². The molecule has 1 atom stereocenters. The van der Waals surface area contributed by atoms with Crippen molar-refractivity contribution in [1.29, 1.82) is 5.26 Å². The lowest BCUT2D eigenvalue weighted by Crippen LogP contribution is -2.17. The lowest BCUT2D eigenvalue weighted by molar-refractivity contribution is -0.137. The van der Waals surface area contributed by atoms with Crippen molar-refractivity contribution < 1.29 is 13.2 Å². The summed E-state index contributed by atoms with van der Waals surface area (Å²) in [6.07, 6.45) is -3.23. The van der Waals surface area contributed by atoms with Gasteiger partial charge in [0.25, 0.3) is 0 Å². The first kappa shape index (κ1) is 13.4. The normalized spacial score (nSPS) is 12.9. The van der Waals surface area contributed by atoms with Crippen LogP contribution in [0, 0.1) is 11.3 Å². The van der Waals surface area contributed by atoms with Crippen LogP contribution >= 0.6 is 0 Å². The van der Waals surface area contributed by atoms with E-state index in [0.717, 1.165) is 18.6 Å². The minimum atomic E-state index is -4.31. The van der Waals surface area contributed by atoms with Crippen molar-refractivity contribution in [1.82, 2.24) is 0 Å². The zero-order valence-corrected chi connectivity index (χ0v) is 9.38. The van der Waals surface area contributed by atoms with Gasteiger partial charge in [0.15, 0.2) is 0 Å². The number of alkyl halides is 3. The number of nitrogens with zero attached hydrogens (tertiary/aromatic N) is 1. The van der Waals surface area contributed by atoms with E-state index in [1.807, 2.05) is 13.0 Å². The van der Waals surface area contributed by atoms with Crippen LogP contribution in [0.5, 0.6) is 0 Å². The Kier molecular flexibility index (Phi) is 4.38. The van der Waals surface area contributed by atoms with Crippen molar-refractivity contribution in [2.75, 3.05) is 5.32 Å². The average molecular weight is 242 g/mol. The number of rotatable bonds is 4. The third-order valence-corrected chi connectivity index (χ3v) is 2.41. The van der Waals surface area contributed by atoms with Crippen LogP contribution in [0.15, 0.2) is 24.3 Å². The first-order chi connectivity index (χ1) is 7.97. The van der Waals surface area contributed by atoms with E-state index < -0.39 is 11.7 Å². The minimum absolute atomic E-state index is 0.0308. The van der Waals surface area contributed by atoms with Crippen LogP contribution in [0.3, 0.4) is 0 Å². The van der Waals surface area contributed by atoms with Crippen LogP contribution in [-0.4, -0.2) is 6.04 Å². The molecule has 0 amide bonds. The van der Waals surface area contributed by atoms with Crippen LogP contribution in [0.2, 0.25) is 0 Å². The van der Waals surface area contributed by atoms with E-state index in [-0.39, 0.29) is 6.04 Å². The third kappa shape index (κ3) is 3.99. The molecule has 0 aromatic heterocycles. The van der Waals surface area contributed by atoms with E-state index in [2.05, 4.69) is 5.32 Å². The summed E-state index contributed by atoms with van der Waals surface area (Å²) in [4.78, 5) is 0. The van der Waals surface area contributed by atoms with E-state index in [0.29, 0.717) is 12.1 Å². The number of nitrogens with one attached hydrogen (secondary N) is 1. The molecule has 0 fully saturated rings. The molecule has 2 nitrogen and oxygen atoms in total. The zero-order chi connectivity index (χ0) is 12.9. The predicted molar refractivity (Wildman–Crippen MR) is 59.4 cm³/mol. The Hall–Kier alpha value is -1.70. The van der Waals surface area contributed by atoms with Gasteiger partial charge in [-0.1, -0.05) is 6.92 Å². The number of nitriles is 1. The van der Waals surface area contributed by atoms with Crippen LogP contribution in [0.1, 0.15) is 25.3 Å². The second kappa shape index (κ2) is 5.58. The topological polar surface area (TPSA) is 35.8 Å². The number of hydrogen-bond donors (Lipinski definition) is 1. The second-order valence-corrected chi connectivity index (χ2v) is 3.69. The fourth-order valence-corrected chi connectivity index (χ4v) is 1.40. The average Bonchev–Trinajstić information content (AvgIpc) is 2.28. The summed E-state index contributed by atoms with van der Waals surface area (Å²) < 4.78 is 36.9. The monoisotopic (exact) mass is 242 g/mol. The van der Waals surface area contributed by atoms with Gasteiger partial charge in [0.05, 0.1) is 18.1 Å². The molecular formula is C12H13F3N2. The molecule has 1 unspecified atom stereocenters. The molecule has 17 heavy (non-hydrogen) atoms. The second-order valence-electron chi connectivity index (χ2n) is 3.69. The van der Waals surface area contributed by atoms with Crippen molar-refractivity contribution in [2.45, 2.75) is 32.0 Å². The minimum Gasteiger partial charge on any atom is -0.381 e. The summed E-state index contributed by atoms with van der Waals surface area (Å²) in [5.74, 6) is 0. The quantitative estimate of drug-likeness (QED) is 0.871. The fourth-order valence-electron chi connectivity index (χ4n) is 1.40. The summed E-state index contributed by atoms with van der Waals surface area (Å²) in [6.45, 7) is 1.92. The van der Waals surface area contributed by atoms with Gasteiger partial charge in [-0.2, -0.15) is 18.4 Å². The number of benzene rings is 1. The summed E-state index contributed by atoms with van der Waals surface area (Å²) in [5, 5.41) is 11.6. The van der Waals surface area contributed by atoms with Crippen molar-refractivity contribution in [3.05, 3.63) is 29.8 Å². The third-order valence-electron chi connectivity index (χ3n) is 2.41. The molecule has 0 saturated heterocycles. The summed E-state index contributed by atoms with van der Waals surface area (Å²) in [6, 6.07) is 6.82. The number of anilines is 1. The summed E-state index contributed by atoms with van der Waals surface area (Å²) >= 11 is 0. The maximum atomic E-state index is 12.3. The number of hydrogen-bond acceptors (Lipinski definition) is 2. The zero-order valence-electron chi connectivity index (χ0n) is 9.38. The largest absolute Gasteiger partial charge is 0.416 e. The predicted octanol–water partition coefficient (Wildman–Crippen LogP) is 3.81. The Morgan fingerprint density at radius 1 is 1.29 bits per heavy atom. The Morgan fingerprint density at radius 3 is 2.29 bits per heavy atom. The summed E-state index contributed by atoms with van der Waals surface area (Å²) in [7, 11) is 0. The molecule has 0 radical (unpaired) electrons. The molecule has 1 aromatic rings. The molecule has 1 N–H and O–H groups in total. The molecular weight excluding hydrogens is 229 g/mol. The molecule has 1 aromatic carbocycles. The SMILES string of the molecule is CCC(CC#N)Nc1ccc(C(F)(F)F)cc1. The molecule has 0 aliphatic carbocycles. The van der Waals surface area contributed by atoms with Crippen LogP contribution in [0.4, 0.5) is 18.9 Å². The van der Waals surface area contributed by atoms with Crippen molar-refractivity contribution in [3.8, 4) is 6.07 Å². The van der Waals surface area contributed by atoms with E-state index in [9.17, 15) is 13.2 Å². The first-order valence-corrected chi connectivity index (χ1v) is 5.28. The van der Waals surface area contributed by atoms with Gasteiger partial charge >= 0.3 is 6.18 Å². The van der Waals surface area contributed by atoms with E-state index >= 15 is 0 Å². The Morgan fingerprint density at radius 2 is 1.88 bits per heavy atom. The van der Waals surface area contributed by atoms with Crippen LogP contribution in [-0.2, 0) is 6.18 Å². The van der Waals surface area contributed by atoms with Crippen LogP contribution < -0.4 is 5.32 Å². The van der Waals surface area contributed by atoms with Gasteiger partial charge < -0.3 is 5.32 Å². The fraction of sp³-hybridized carbons (Fsp3) is 0.417. The van der Waals surface area contributed by atoms with Gasteiger partial charge in [0.2, 0.25) is 0 Å². The molecule has 5 heteroatoms. The molecule has 92 valence electrons. The molecule has 0 heterocycles. The maximum absolute atomic E-state index is 12.3. The molecule has 0 aliphatic heterocycles. The van der Waals surface area contributed by atoms with Crippen molar-refractivity contribution >= 4 is 5.69 Å². The molecule has 0 spiro atoms. The van der Waals surface area contributed by atoms with Crippen LogP contribution in [0.25, 0.3) is 0 Å². The van der Waals surface area contributed by atoms with Crippen molar-refractivity contribution in [3.63, 3.8) is 0 Å². The first-order valence-electron chi connectivity index (χ1n) is 5.28. The molecule has 0 aliphatic rings. The van der Waals surface area contributed by atoms with Gasteiger partial charge in [0.1, 0.15) is 0 Å². The van der Waals surface area contributed by atoms with Gasteiger partial charge in [0, 0.05) is 11.7 Å². The van der Waals surface area contributed by atoms with Gasteiger partial charge in [-0.15, -0.1) is 0 Å². The molecule has 0 bridgehead atoms.